The number of amides is 3. The van der Waals surface area contributed by atoms with Crippen LogP contribution in [0.3, 0.4) is 0 Å². The molecule has 9 heteroatoms. The number of hydrogen-bond donors (Lipinski definition) is 3. The van der Waals surface area contributed by atoms with Gasteiger partial charge in [-0.05, 0) is 55.2 Å². The number of rotatable bonds is 5. The van der Waals surface area contributed by atoms with Crippen LogP contribution in [0.2, 0.25) is 0 Å². The summed E-state index contributed by atoms with van der Waals surface area (Å²) >= 11 is 0. The lowest BCUT2D eigenvalue weighted by atomic mass is 10.00. The predicted molar refractivity (Wildman–Crippen MR) is 129 cm³/mol. The van der Waals surface area contributed by atoms with Gasteiger partial charge in [-0.25, -0.2) is 4.39 Å². The molecule has 182 valence electrons. The number of aromatic nitrogens is 2. The van der Waals surface area contributed by atoms with Gasteiger partial charge in [-0.1, -0.05) is 30.3 Å². The van der Waals surface area contributed by atoms with Crippen molar-refractivity contribution < 1.29 is 18.8 Å². The van der Waals surface area contributed by atoms with E-state index in [9.17, 15) is 18.8 Å². The first-order valence-electron chi connectivity index (χ1n) is 11.7. The Morgan fingerprint density at radius 1 is 1.06 bits per heavy atom. The second-order valence-electron chi connectivity index (χ2n) is 8.48. The molecule has 4 rings (SSSR count). The highest BCUT2D eigenvalue weighted by molar-refractivity contribution is 5.95. The normalized spacial score (nSPS) is 16.9. The molecule has 1 fully saturated rings. The van der Waals surface area contributed by atoms with Crippen LogP contribution in [-0.2, 0) is 9.59 Å². The molecule has 2 heterocycles. The standard InChI is InChI=1S/C26H28FN5O3/c27-20-11-9-18(10-12-20)21-15-22(31-30-21)26(35)29-17-25(34)32-14-6-2-5-13-28-24(33)16-23(32)19-7-3-1-4-8-19/h1,3-4,7-12,15,23H,2,5-6,13-14,16-17H2,(H,28,33)(H,29,35)(H,30,31). The quantitative estimate of drug-likeness (QED) is 0.525. The lowest BCUT2D eigenvalue weighted by Gasteiger charge is -2.33. The Kier molecular flexibility index (Phi) is 7.87. The van der Waals surface area contributed by atoms with E-state index >= 15 is 0 Å². The highest BCUT2D eigenvalue weighted by Crippen LogP contribution is 2.26. The number of nitrogens with one attached hydrogen (secondary N) is 3. The average Bonchev–Trinajstić information content (AvgIpc) is 3.37. The number of hydrogen-bond acceptors (Lipinski definition) is 4. The molecule has 1 aromatic heterocycles. The third kappa shape index (κ3) is 6.32. The minimum absolute atomic E-state index is 0.103. The zero-order chi connectivity index (χ0) is 24.6. The minimum Gasteiger partial charge on any atom is -0.356 e. The molecule has 0 aliphatic carbocycles. The maximum atomic E-state index is 13.3. The van der Waals surface area contributed by atoms with E-state index in [0.717, 1.165) is 24.8 Å². The molecule has 0 spiro atoms. The SMILES string of the molecule is O=C1CC(c2ccccc2)N(C(=O)CNC(=O)c2cc(-c3ccc(F)cc3)n[nH]2)CCCCCN1. The van der Waals surface area contributed by atoms with Gasteiger partial charge >= 0.3 is 0 Å². The maximum absolute atomic E-state index is 13.3. The van der Waals surface area contributed by atoms with E-state index < -0.39 is 11.9 Å². The van der Waals surface area contributed by atoms with Crippen LogP contribution < -0.4 is 10.6 Å². The van der Waals surface area contributed by atoms with Gasteiger partial charge in [-0.15, -0.1) is 0 Å². The van der Waals surface area contributed by atoms with E-state index in [-0.39, 0.29) is 36.3 Å². The van der Waals surface area contributed by atoms with Crippen molar-refractivity contribution in [2.45, 2.75) is 31.7 Å². The Morgan fingerprint density at radius 3 is 2.60 bits per heavy atom. The summed E-state index contributed by atoms with van der Waals surface area (Å²) in [6, 6.07) is 16.4. The molecule has 0 radical (unpaired) electrons. The number of halogens is 1. The van der Waals surface area contributed by atoms with Gasteiger partial charge in [0.25, 0.3) is 5.91 Å². The van der Waals surface area contributed by atoms with E-state index in [1.807, 2.05) is 30.3 Å². The molecule has 1 aliphatic heterocycles. The molecule has 3 N–H and O–H groups in total. The van der Waals surface area contributed by atoms with E-state index in [1.165, 1.54) is 12.1 Å². The topological polar surface area (TPSA) is 107 Å². The fourth-order valence-electron chi connectivity index (χ4n) is 4.16. The Morgan fingerprint density at radius 2 is 1.83 bits per heavy atom. The van der Waals surface area contributed by atoms with E-state index in [1.54, 1.807) is 23.1 Å². The van der Waals surface area contributed by atoms with Gasteiger partial charge in [0.05, 0.1) is 24.7 Å². The molecule has 0 saturated carbocycles. The highest BCUT2D eigenvalue weighted by atomic mass is 19.1. The van der Waals surface area contributed by atoms with Crippen molar-refractivity contribution in [3.63, 3.8) is 0 Å². The number of H-pyrrole nitrogens is 1. The monoisotopic (exact) mass is 477 g/mol. The zero-order valence-corrected chi connectivity index (χ0v) is 19.3. The third-order valence-corrected chi connectivity index (χ3v) is 6.02. The molecule has 1 unspecified atom stereocenters. The minimum atomic E-state index is -0.478. The van der Waals surface area contributed by atoms with Crippen LogP contribution in [-0.4, -0.2) is 52.5 Å². The second-order valence-corrected chi connectivity index (χ2v) is 8.48. The number of benzene rings is 2. The van der Waals surface area contributed by atoms with Crippen molar-refractivity contribution in [2.24, 2.45) is 0 Å². The smallest absolute Gasteiger partial charge is 0.269 e. The van der Waals surface area contributed by atoms with Crippen molar-refractivity contribution in [1.82, 2.24) is 25.7 Å². The Bertz CT molecular complexity index is 1160. The fourth-order valence-corrected chi connectivity index (χ4v) is 4.16. The molecule has 1 atom stereocenters. The first kappa shape index (κ1) is 24.1. The summed E-state index contributed by atoms with van der Waals surface area (Å²) in [5, 5.41) is 12.3. The Hall–Kier alpha value is -4.01. The van der Waals surface area contributed by atoms with Gasteiger partial charge in [-0.2, -0.15) is 5.10 Å². The van der Waals surface area contributed by atoms with Crippen molar-refractivity contribution in [2.75, 3.05) is 19.6 Å². The summed E-state index contributed by atoms with van der Waals surface area (Å²) in [6.45, 7) is 0.920. The summed E-state index contributed by atoms with van der Waals surface area (Å²) < 4.78 is 13.2. The molecule has 3 aromatic rings. The van der Waals surface area contributed by atoms with Gasteiger partial charge in [0.1, 0.15) is 11.5 Å². The van der Waals surface area contributed by atoms with E-state index in [2.05, 4.69) is 20.8 Å². The van der Waals surface area contributed by atoms with E-state index in [4.69, 9.17) is 0 Å². The van der Waals surface area contributed by atoms with Crippen LogP contribution in [0.25, 0.3) is 11.3 Å². The van der Waals surface area contributed by atoms with Crippen molar-refractivity contribution in [1.29, 1.82) is 0 Å². The average molecular weight is 478 g/mol. The Labute approximate surface area is 202 Å². The molecular formula is C26H28FN5O3. The number of aromatic amines is 1. The summed E-state index contributed by atoms with van der Waals surface area (Å²) in [4.78, 5) is 40.1. The molecule has 1 saturated heterocycles. The number of carbonyl (C=O) groups excluding carboxylic acids is 3. The molecule has 35 heavy (non-hydrogen) atoms. The lowest BCUT2D eigenvalue weighted by molar-refractivity contribution is -0.134. The van der Waals surface area contributed by atoms with Crippen molar-refractivity contribution >= 4 is 17.7 Å². The van der Waals surface area contributed by atoms with Gasteiger partial charge < -0.3 is 15.5 Å². The third-order valence-electron chi connectivity index (χ3n) is 6.02. The van der Waals surface area contributed by atoms with Gasteiger partial charge in [0, 0.05) is 18.7 Å². The van der Waals surface area contributed by atoms with Crippen LogP contribution in [0.5, 0.6) is 0 Å². The summed E-state index contributed by atoms with van der Waals surface area (Å²) in [7, 11) is 0. The van der Waals surface area contributed by atoms with Crippen molar-refractivity contribution in [3.8, 4) is 11.3 Å². The van der Waals surface area contributed by atoms with Gasteiger partial charge in [-0.3, -0.25) is 19.5 Å². The summed E-state index contributed by atoms with van der Waals surface area (Å²) in [5.74, 6) is -1.20. The lowest BCUT2D eigenvalue weighted by Crippen LogP contribution is -2.44. The summed E-state index contributed by atoms with van der Waals surface area (Å²) in [6.07, 6.45) is 2.71. The first-order chi connectivity index (χ1) is 17.0. The molecule has 3 amide bonds. The molecule has 8 nitrogen and oxygen atoms in total. The predicted octanol–water partition coefficient (Wildman–Crippen LogP) is 3.21. The van der Waals surface area contributed by atoms with E-state index in [0.29, 0.717) is 24.3 Å². The second kappa shape index (κ2) is 11.4. The summed E-state index contributed by atoms with van der Waals surface area (Å²) in [5.41, 5.74) is 2.22. The fraction of sp³-hybridized carbons (Fsp3) is 0.308. The molecule has 2 aromatic carbocycles. The molecular weight excluding hydrogens is 449 g/mol. The van der Waals surface area contributed by atoms with Gasteiger partial charge in [0.2, 0.25) is 11.8 Å². The first-order valence-corrected chi connectivity index (χ1v) is 11.7. The van der Waals surface area contributed by atoms with Crippen LogP contribution in [0.4, 0.5) is 4.39 Å². The molecule has 0 bridgehead atoms. The number of nitrogens with zero attached hydrogens (tertiary/aromatic N) is 2. The number of carbonyl (C=O) groups is 3. The highest BCUT2D eigenvalue weighted by Gasteiger charge is 2.28. The van der Waals surface area contributed by atoms with Crippen LogP contribution in [0.1, 0.15) is 47.8 Å². The van der Waals surface area contributed by atoms with Crippen LogP contribution >= 0.6 is 0 Å². The van der Waals surface area contributed by atoms with Gasteiger partial charge in [0.15, 0.2) is 0 Å². The van der Waals surface area contributed by atoms with Crippen LogP contribution in [0.15, 0.2) is 60.7 Å². The molecule has 1 aliphatic rings. The van der Waals surface area contributed by atoms with Crippen LogP contribution in [0, 0.1) is 5.82 Å². The van der Waals surface area contributed by atoms with Crippen molar-refractivity contribution in [3.05, 3.63) is 77.7 Å². The largest absolute Gasteiger partial charge is 0.356 e. The zero-order valence-electron chi connectivity index (χ0n) is 19.3. The maximum Gasteiger partial charge on any atom is 0.269 e. The Balaban J connectivity index is 1.45.